The van der Waals surface area contributed by atoms with Crippen molar-refractivity contribution in [1.29, 1.82) is 0 Å². The van der Waals surface area contributed by atoms with Crippen molar-refractivity contribution in [2.45, 2.75) is 32.2 Å². The molecule has 6 nitrogen and oxygen atoms in total. The number of hydrogen-bond acceptors (Lipinski definition) is 3. The van der Waals surface area contributed by atoms with Gasteiger partial charge < -0.3 is 19.5 Å². The van der Waals surface area contributed by atoms with E-state index in [0.717, 1.165) is 58.8 Å². The van der Waals surface area contributed by atoms with Crippen molar-refractivity contribution in [3.63, 3.8) is 0 Å². The molecule has 2 amide bonds. The van der Waals surface area contributed by atoms with Gasteiger partial charge in [0.1, 0.15) is 0 Å². The molecule has 0 spiro atoms. The maximum absolute atomic E-state index is 12.8. The molecule has 2 fully saturated rings. The molecule has 140 valence electrons. The first-order chi connectivity index (χ1) is 12.1. The summed E-state index contributed by atoms with van der Waals surface area (Å²) in [6, 6.07) is 4.48. The molecule has 2 saturated heterocycles. The summed E-state index contributed by atoms with van der Waals surface area (Å²) >= 11 is 0. The maximum atomic E-state index is 12.8. The van der Waals surface area contributed by atoms with Crippen molar-refractivity contribution in [3.8, 4) is 0 Å². The van der Waals surface area contributed by atoms with Gasteiger partial charge in [-0.05, 0) is 37.3 Å². The lowest BCUT2D eigenvalue weighted by atomic mass is 9.99. The van der Waals surface area contributed by atoms with Crippen molar-refractivity contribution >= 4 is 6.03 Å². The van der Waals surface area contributed by atoms with Gasteiger partial charge in [0.25, 0.3) is 0 Å². The Morgan fingerprint density at radius 3 is 2.84 bits per heavy atom. The van der Waals surface area contributed by atoms with Gasteiger partial charge in [-0.3, -0.25) is 4.90 Å². The fraction of sp³-hybridized carbons (Fsp3) is 0.737. The summed E-state index contributed by atoms with van der Waals surface area (Å²) in [7, 11) is 2.06. The molecule has 1 aromatic heterocycles. The molecule has 0 unspecified atom stereocenters. The Kier molecular flexibility index (Phi) is 6.37. The monoisotopic (exact) mass is 348 g/mol. The smallest absolute Gasteiger partial charge is 0.317 e. The highest BCUT2D eigenvalue weighted by Crippen LogP contribution is 2.30. The molecule has 0 aliphatic carbocycles. The number of morpholine rings is 1. The quantitative estimate of drug-likeness (QED) is 0.888. The standard InChI is InChI=1S/C19H32N4O2/c1-16(15-22-10-12-25-13-11-22)14-20-19(24)23-9-4-3-6-18(23)17-7-5-8-21(17)2/h5,7-8,16,18H,3-4,6,9-15H2,1-2H3,(H,20,24)/t16-,18+/m0/s1. The molecule has 0 radical (unpaired) electrons. The first-order valence-electron chi connectivity index (χ1n) is 9.61. The number of urea groups is 1. The molecule has 2 aliphatic rings. The number of likely N-dealkylation sites (tertiary alicyclic amines) is 1. The van der Waals surface area contributed by atoms with E-state index >= 15 is 0 Å². The molecule has 3 heterocycles. The number of rotatable bonds is 5. The second-order valence-corrected chi connectivity index (χ2v) is 7.45. The largest absolute Gasteiger partial charge is 0.379 e. The number of aryl methyl sites for hydroxylation is 1. The molecule has 3 rings (SSSR count). The lowest BCUT2D eigenvalue weighted by Gasteiger charge is -2.36. The zero-order valence-electron chi connectivity index (χ0n) is 15.6. The molecule has 0 bridgehead atoms. The van der Waals surface area contributed by atoms with Crippen LogP contribution in [0.5, 0.6) is 0 Å². The fourth-order valence-electron chi connectivity index (χ4n) is 3.95. The molecule has 2 aliphatic heterocycles. The van der Waals surface area contributed by atoms with Crippen LogP contribution in [-0.2, 0) is 11.8 Å². The van der Waals surface area contributed by atoms with Crippen LogP contribution in [0.25, 0.3) is 0 Å². The van der Waals surface area contributed by atoms with Crippen LogP contribution >= 0.6 is 0 Å². The number of aromatic nitrogens is 1. The van der Waals surface area contributed by atoms with Gasteiger partial charge in [0.15, 0.2) is 0 Å². The average molecular weight is 348 g/mol. The van der Waals surface area contributed by atoms with E-state index < -0.39 is 0 Å². The van der Waals surface area contributed by atoms with Gasteiger partial charge in [-0.25, -0.2) is 4.79 Å². The van der Waals surface area contributed by atoms with E-state index in [1.165, 1.54) is 12.1 Å². The number of hydrogen-bond donors (Lipinski definition) is 1. The molecular formula is C19H32N4O2. The topological polar surface area (TPSA) is 49.7 Å². The Labute approximate surface area is 151 Å². The number of carbonyl (C=O) groups excluding carboxylic acids is 1. The van der Waals surface area contributed by atoms with Gasteiger partial charge >= 0.3 is 6.03 Å². The molecule has 1 N–H and O–H groups in total. The minimum absolute atomic E-state index is 0.0831. The van der Waals surface area contributed by atoms with Crippen LogP contribution in [0.15, 0.2) is 18.3 Å². The van der Waals surface area contributed by atoms with E-state index in [4.69, 9.17) is 4.74 Å². The predicted molar refractivity (Wildman–Crippen MR) is 98.5 cm³/mol. The van der Waals surface area contributed by atoms with Crippen LogP contribution in [0.2, 0.25) is 0 Å². The van der Waals surface area contributed by atoms with Crippen molar-refractivity contribution in [1.82, 2.24) is 19.7 Å². The summed E-state index contributed by atoms with van der Waals surface area (Å²) in [5.74, 6) is 0.445. The number of nitrogens with zero attached hydrogens (tertiary/aromatic N) is 3. The summed E-state index contributed by atoms with van der Waals surface area (Å²) in [6.45, 7) is 8.45. The van der Waals surface area contributed by atoms with Gasteiger partial charge in [-0.1, -0.05) is 6.92 Å². The van der Waals surface area contributed by atoms with Gasteiger partial charge in [0, 0.05) is 51.7 Å². The van der Waals surface area contributed by atoms with Gasteiger partial charge in [-0.15, -0.1) is 0 Å². The van der Waals surface area contributed by atoms with Crippen LogP contribution in [-0.4, -0.2) is 66.3 Å². The molecule has 1 aromatic rings. The Morgan fingerprint density at radius 1 is 1.32 bits per heavy atom. The highest BCUT2D eigenvalue weighted by atomic mass is 16.5. The van der Waals surface area contributed by atoms with Crippen molar-refractivity contribution < 1.29 is 9.53 Å². The number of nitrogens with one attached hydrogen (secondary N) is 1. The first kappa shape index (κ1) is 18.3. The predicted octanol–water partition coefficient (Wildman–Crippen LogP) is 2.23. The van der Waals surface area contributed by atoms with Gasteiger partial charge in [0.2, 0.25) is 0 Å². The van der Waals surface area contributed by atoms with Crippen molar-refractivity contribution in [3.05, 3.63) is 24.0 Å². The Bertz CT molecular complexity index is 553. The zero-order valence-corrected chi connectivity index (χ0v) is 15.6. The summed E-state index contributed by atoms with van der Waals surface area (Å²) < 4.78 is 7.53. The summed E-state index contributed by atoms with van der Waals surface area (Å²) in [5, 5.41) is 3.17. The van der Waals surface area contributed by atoms with E-state index in [9.17, 15) is 4.79 Å². The third kappa shape index (κ3) is 4.76. The number of amides is 2. The Morgan fingerprint density at radius 2 is 2.12 bits per heavy atom. The van der Waals surface area contributed by atoms with E-state index in [0.29, 0.717) is 5.92 Å². The minimum Gasteiger partial charge on any atom is -0.379 e. The van der Waals surface area contributed by atoms with Crippen LogP contribution in [0.1, 0.15) is 37.9 Å². The van der Waals surface area contributed by atoms with E-state index in [1.54, 1.807) is 0 Å². The molecule has 0 aromatic carbocycles. The molecule has 6 heteroatoms. The second kappa shape index (κ2) is 8.72. The average Bonchev–Trinajstić information content (AvgIpc) is 3.06. The van der Waals surface area contributed by atoms with E-state index in [2.05, 4.69) is 47.1 Å². The second-order valence-electron chi connectivity index (χ2n) is 7.45. The normalized spacial score (nSPS) is 23.4. The molecular weight excluding hydrogens is 316 g/mol. The maximum Gasteiger partial charge on any atom is 0.317 e. The summed E-state index contributed by atoms with van der Waals surface area (Å²) in [6.07, 6.45) is 5.39. The van der Waals surface area contributed by atoms with Crippen molar-refractivity contribution in [2.75, 3.05) is 45.9 Å². The van der Waals surface area contributed by atoms with Gasteiger partial charge in [-0.2, -0.15) is 0 Å². The number of ether oxygens (including phenoxy) is 1. The Hall–Kier alpha value is -1.53. The van der Waals surface area contributed by atoms with Crippen LogP contribution in [0.4, 0.5) is 4.79 Å². The Balaban J connectivity index is 1.51. The summed E-state index contributed by atoms with van der Waals surface area (Å²) in [5.41, 5.74) is 1.23. The third-order valence-corrected chi connectivity index (χ3v) is 5.36. The lowest BCUT2D eigenvalue weighted by molar-refractivity contribution is 0.0318. The highest BCUT2D eigenvalue weighted by molar-refractivity contribution is 5.74. The minimum atomic E-state index is 0.0831. The molecule has 0 saturated carbocycles. The SMILES string of the molecule is C[C@@H](CNC(=O)N1CCCC[C@@H]1c1cccn1C)CN1CCOCC1. The molecule has 25 heavy (non-hydrogen) atoms. The fourth-order valence-corrected chi connectivity index (χ4v) is 3.95. The van der Waals surface area contributed by atoms with Gasteiger partial charge in [0.05, 0.1) is 19.3 Å². The first-order valence-corrected chi connectivity index (χ1v) is 9.61. The summed E-state index contributed by atoms with van der Waals surface area (Å²) in [4.78, 5) is 17.2. The molecule has 2 atom stereocenters. The number of piperidine rings is 1. The van der Waals surface area contributed by atoms with E-state index in [1.807, 2.05) is 4.90 Å². The van der Waals surface area contributed by atoms with Crippen molar-refractivity contribution in [2.24, 2.45) is 13.0 Å². The number of carbonyl (C=O) groups is 1. The van der Waals surface area contributed by atoms with Crippen LogP contribution in [0.3, 0.4) is 0 Å². The zero-order chi connectivity index (χ0) is 17.6. The lowest BCUT2D eigenvalue weighted by Crippen LogP contribution is -2.47. The van der Waals surface area contributed by atoms with Crippen LogP contribution in [0, 0.1) is 5.92 Å². The highest BCUT2D eigenvalue weighted by Gasteiger charge is 2.29. The third-order valence-electron chi connectivity index (χ3n) is 5.36. The van der Waals surface area contributed by atoms with Crippen LogP contribution < -0.4 is 5.32 Å². The van der Waals surface area contributed by atoms with E-state index in [-0.39, 0.29) is 12.1 Å².